The smallest absolute Gasteiger partial charge is 0.257 e. The summed E-state index contributed by atoms with van der Waals surface area (Å²) in [5.74, 6) is 2.67. The molecular weight excluding hydrogens is 362 g/mol. The fourth-order valence-electron chi connectivity index (χ4n) is 3.97. The van der Waals surface area contributed by atoms with Gasteiger partial charge < -0.3 is 14.2 Å². The van der Waals surface area contributed by atoms with Crippen molar-refractivity contribution in [3.8, 4) is 11.5 Å². The number of imidazole rings is 1. The van der Waals surface area contributed by atoms with Gasteiger partial charge in [0, 0.05) is 37.4 Å². The number of aromatic nitrogens is 2. The first-order valence-electron chi connectivity index (χ1n) is 10.3. The lowest BCUT2D eigenvalue weighted by atomic mass is 9.96. The van der Waals surface area contributed by atoms with Crippen LogP contribution in [-0.2, 0) is 0 Å². The first kappa shape index (κ1) is 19.2. The summed E-state index contributed by atoms with van der Waals surface area (Å²) in [6.07, 6.45) is 5.92. The Kier molecular flexibility index (Phi) is 5.65. The fourth-order valence-corrected chi connectivity index (χ4v) is 3.97. The lowest BCUT2D eigenvalue weighted by Gasteiger charge is -2.33. The van der Waals surface area contributed by atoms with Crippen LogP contribution in [0.2, 0.25) is 0 Å². The highest BCUT2D eigenvalue weighted by atomic mass is 16.5. The summed E-state index contributed by atoms with van der Waals surface area (Å²) in [6.45, 7) is 5.77. The number of ether oxygens (including phenoxy) is 1. The minimum atomic E-state index is 0.0175. The molecule has 2 heterocycles. The van der Waals surface area contributed by atoms with E-state index in [-0.39, 0.29) is 11.8 Å². The Hall–Kier alpha value is -3.08. The van der Waals surface area contributed by atoms with Gasteiger partial charge in [0.25, 0.3) is 5.91 Å². The van der Waals surface area contributed by atoms with Crippen LogP contribution < -0.4 is 4.74 Å². The highest BCUT2D eigenvalue weighted by Gasteiger charge is 2.29. The standard InChI is InChI=1S/C24H27N3O2/c1-18(2)27-16-14-25-23(27)19-9-8-15-26(17-19)24(28)21-12-6-7-13-22(21)29-20-10-4-3-5-11-20/h3-7,10-14,16,18-19H,8-9,15,17H2,1-2H3/t19-/m0/s1. The molecule has 1 saturated heterocycles. The van der Waals surface area contributed by atoms with Crippen LogP contribution in [0.25, 0.3) is 0 Å². The third-order valence-corrected chi connectivity index (χ3v) is 5.42. The molecule has 0 saturated carbocycles. The lowest BCUT2D eigenvalue weighted by Crippen LogP contribution is -2.40. The van der Waals surface area contributed by atoms with Gasteiger partial charge in [0.05, 0.1) is 5.56 Å². The van der Waals surface area contributed by atoms with Gasteiger partial charge in [-0.25, -0.2) is 4.98 Å². The fraction of sp³-hybridized carbons (Fsp3) is 0.333. The van der Waals surface area contributed by atoms with Crippen molar-refractivity contribution in [3.05, 3.63) is 78.4 Å². The summed E-state index contributed by atoms with van der Waals surface area (Å²) < 4.78 is 8.22. The van der Waals surface area contributed by atoms with Crippen molar-refractivity contribution in [3.63, 3.8) is 0 Å². The van der Waals surface area contributed by atoms with Crippen LogP contribution in [0.3, 0.4) is 0 Å². The summed E-state index contributed by atoms with van der Waals surface area (Å²) in [7, 11) is 0. The van der Waals surface area contributed by atoms with Gasteiger partial charge in [0.1, 0.15) is 17.3 Å². The molecule has 0 N–H and O–H groups in total. The predicted molar refractivity (Wildman–Crippen MR) is 113 cm³/mol. The second-order valence-electron chi connectivity index (χ2n) is 7.79. The first-order valence-corrected chi connectivity index (χ1v) is 10.3. The van der Waals surface area contributed by atoms with Crippen molar-refractivity contribution in [2.24, 2.45) is 0 Å². The van der Waals surface area contributed by atoms with Crippen LogP contribution in [0, 0.1) is 0 Å². The molecule has 0 unspecified atom stereocenters. The number of carbonyl (C=O) groups excluding carboxylic acids is 1. The van der Waals surface area contributed by atoms with E-state index in [0.717, 1.165) is 31.0 Å². The number of amides is 1. The number of hydrogen-bond donors (Lipinski definition) is 0. The molecule has 0 radical (unpaired) electrons. The normalized spacial score (nSPS) is 16.8. The first-order chi connectivity index (χ1) is 14.1. The van der Waals surface area contributed by atoms with E-state index in [1.807, 2.05) is 71.9 Å². The van der Waals surface area contributed by atoms with E-state index < -0.39 is 0 Å². The monoisotopic (exact) mass is 389 g/mol. The minimum Gasteiger partial charge on any atom is -0.457 e. The molecular formula is C24H27N3O2. The molecule has 1 aromatic heterocycles. The molecule has 5 nitrogen and oxygen atoms in total. The Morgan fingerprint density at radius 1 is 1.10 bits per heavy atom. The van der Waals surface area contributed by atoms with Gasteiger partial charge in [-0.15, -0.1) is 0 Å². The van der Waals surface area contributed by atoms with Gasteiger partial charge in [-0.05, 0) is 51.0 Å². The van der Waals surface area contributed by atoms with Crippen LogP contribution in [0.1, 0.15) is 54.8 Å². The molecule has 29 heavy (non-hydrogen) atoms. The van der Waals surface area contributed by atoms with Crippen molar-refractivity contribution in [2.75, 3.05) is 13.1 Å². The van der Waals surface area contributed by atoms with Crippen molar-refractivity contribution in [2.45, 2.75) is 38.6 Å². The summed E-state index contributed by atoms with van der Waals surface area (Å²) in [4.78, 5) is 19.9. The summed E-state index contributed by atoms with van der Waals surface area (Å²) >= 11 is 0. The lowest BCUT2D eigenvalue weighted by molar-refractivity contribution is 0.0700. The average Bonchev–Trinajstić information content (AvgIpc) is 3.25. The van der Waals surface area contributed by atoms with Crippen LogP contribution in [0.5, 0.6) is 11.5 Å². The number of likely N-dealkylation sites (tertiary alicyclic amines) is 1. The maximum Gasteiger partial charge on any atom is 0.257 e. The van der Waals surface area contributed by atoms with Gasteiger partial charge in [-0.1, -0.05) is 30.3 Å². The second kappa shape index (κ2) is 8.52. The highest BCUT2D eigenvalue weighted by Crippen LogP contribution is 2.31. The topological polar surface area (TPSA) is 47.4 Å². The Morgan fingerprint density at radius 2 is 1.86 bits per heavy atom. The molecule has 0 bridgehead atoms. The number of hydrogen-bond acceptors (Lipinski definition) is 3. The van der Waals surface area contributed by atoms with E-state index in [2.05, 4.69) is 23.4 Å². The Balaban J connectivity index is 1.55. The molecule has 0 aliphatic carbocycles. The summed E-state index contributed by atoms with van der Waals surface area (Å²) in [5.41, 5.74) is 0.601. The highest BCUT2D eigenvalue weighted by molar-refractivity contribution is 5.97. The van der Waals surface area contributed by atoms with Crippen molar-refractivity contribution in [1.29, 1.82) is 0 Å². The molecule has 5 heteroatoms. The number of para-hydroxylation sites is 2. The molecule has 2 aromatic carbocycles. The Labute approximate surface area is 171 Å². The van der Waals surface area contributed by atoms with E-state index in [1.165, 1.54) is 0 Å². The molecule has 1 amide bonds. The molecule has 4 rings (SSSR count). The molecule has 1 fully saturated rings. The number of benzene rings is 2. The maximum atomic E-state index is 13.4. The molecule has 1 aliphatic heterocycles. The third kappa shape index (κ3) is 4.19. The molecule has 3 aromatic rings. The summed E-state index contributed by atoms with van der Waals surface area (Å²) in [6, 6.07) is 17.4. The van der Waals surface area contributed by atoms with Crippen LogP contribution >= 0.6 is 0 Å². The average molecular weight is 389 g/mol. The quantitative estimate of drug-likeness (QED) is 0.597. The number of piperidine rings is 1. The SMILES string of the molecule is CC(C)n1ccnc1[C@H]1CCCN(C(=O)c2ccccc2Oc2ccccc2)C1. The van der Waals surface area contributed by atoms with Crippen molar-refractivity contribution >= 4 is 5.91 Å². The number of nitrogens with zero attached hydrogens (tertiary/aromatic N) is 3. The Morgan fingerprint density at radius 3 is 2.66 bits per heavy atom. The van der Waals surface area contributed by atoms with E-state index in [9.17, 15) is 4.79 Å². The van der Waals surface area contributed by atoms with Gasteiger partial charge in [0.2, 0.25) is 0 Å². The number of carbonyl (C=O) groups is 1. The van der Waals surface area contributed by atoms with E-state index in [4.69, 9.17) is 4.74 Å². The molecule has 150 valence electrons. The Bertz CT molecular complexity index is 965. The van der Waals surface area contributed by atoms with Gasteiger partial charge in [-0.2, -0.15) is 0 Å². The maximum absolute atomic E-state index is 13.4. The van der Waals surface area contributed by atoms with Crippen LogP contribution in [0.4, 0.5) is 0 Å². The molecule has 1 atom stereocenters. The second-order valence-corrected chi connectivity index (χ2v) is 7.79. The minimum absolute atomic E-state index is 0.0175. The van der Waals surface area contributed by atoms with Gasteiger partial charge >= 0.3 is 0 Å². The number of rotatable bonds is 5. The van der Waals surface area contributed by atoms with E-state index in [1.54, 1.807) is 0 Å². The molecule has 1 aliphatic rings. The summed E-state index contributed by atoms with van der Waals surface area (Å²) in [5, 5.41) is 0. The predicted octanol–water partition coefficient (Wildman–Crippen LogP) is 5.28. The van der Waals surface area contributed by atoms with Crippen molar-refractivity contribution < 1.29 is 9.53 Å². The van der Waals surface area contributed by atoms with Crippen LogP contribution in [0.15, 0.2) is 67.0 Å². The van der Waals surface area contributed by atoms with E-state index in [0.29, 0.717) is 23.9 Å². The largest absolute Gasteiger partial charge is 0.457 e. The third-order valence-electron chi connectivity index (χ3n) is 5.42. The van der Waals surface area contributed by atoms with Gasteiger partial charge in [-0.3, -0.25) is 4.79 Å². The van der Waals surface area contributed by atoms with E-state index >= 15 is 0 Å². The zero-order chi connectivity index (χ0) is 20.2. The molecule has 0 spiro atoms. The van der Waals surface area contributed by atoms with Crippen molar-refractivity contribution in [1.82, 2.24) is 14.5 Å². The van der Waals surface area contributed by atoms with Crippen LogP contribution in [-0.4, -0.2) is 33.4 Å². The zero-order valence-corrected chi connectivity index (χ0v) is 17.0. The zero-order valence-electron chi connectivity index (χ0n) is 17.0. The van der Waals surface area contributed by atoms with Gasteiger partial charge in [0.15, 0.2) is 0 Å².